The summed E-state index contributed by atoms with van der Waals surface area (Å²) in [6, 6.07) is 5.13. The number of hydrogen-bond acceptors (Lipinski definition) is 5. The van der Waals surface area contributed by atoms with E-state index in [0.29, 0.717) is 12.4 Å². The van der Waals surface area contributed by atoms with Crippen molar-refractivity contribution in [1.82, 2.24) is 10.2 Å². The Hall–Kier alpha value is -1.30. The lowest BCUT2D eigenvalue weighted by atomic mass is 9.90. The van der Waals surface area contributed by atoms with Crippen LogP contribution in [0.5, 0.6) is 11.5 Å². The molecule has 3 rings (SSSR count). The third kappa shape index (κ3) is 1.67. The minimum atomic E-state index is -0.453. The molecule has 0 bridgehead atoms. The molecule has 1 saturated heterocycles. The zero-order valence-corrected chi connectivity index (χ0v) is 10.2. The van der Waals surface area contributed by atoms with Gasteiger partial charge in [0.15, 0.2) is 0 Å². The number of benzene rings is 1. The molecule has 0 amide bonds. The molecule has 1 aromatic carbocycles. The Morgan fingerprint density at radius 3 is 2.83 bits per heavy atom. The molecule has 5 heteroatoms. The number of phenols is 1. The zero-order chi connectivity index (χ0) is 12.6. The number of hydrogen-bond donors (Lipinski definition) is 3. The molecule has 3 N–H and O–H groups in total. The lowest BCUT2D eigenvalue weighted by Crippen LogP contribution is -2.57. The second-order valence-corrected chi connectivity index (χ2v) is 4.90. The van der Waals surface area contributed by atoms with Crippen molar-refractivity contribution in [2.75, 3.05) is 39.4 Å². The Labute approximate surface area is 106 Å². The van der Waals surface area contributed by atoms with Crippen LogP contribution in [0.4, 0.5) is 0 Å². The maximum Gasteiger partial charge on any atom is 0.128 e. The number of aliphatic hydroxyl groups is 1. The van der Waals surface area contributed by atoms with E-state index in [1.807, 2.05) is 6.07 Å². The van der Waals surface area contributed by atoms with Crippen LogP contribution in [0.25, 0.3) is 0 Å². The van der Waals surface area contributed by atoms with Gasteiger partial charge in [0.25, 0.3) is 0 Å². The topological polar surface area (TPSA) is 65.0 Å². The third-order valence-electron chi connectivity index (χ3n) is 3.92. The average Bonchev–Trinajstić information content (AvgIpc) is 2.79. The molecule has 1 fully saturated rings. The average molecular weight is 250 g/mol. The molecule has 0 saturated carbocycles. The van der Waals surface area contributed by atoms with Gasteiger partial charge in [0, 0.05) is 37.8 Å². The van der Waals surface area contributed by atoms with Crippen LogP contribution in [0, 0.1) is 0 Å². The minimum absolute atomic E-state index is 0.0325. The van der Waals surface area contributed by atoms with Crippen LogP contribution in [-0.4, -0.2) is 54.5 Å². The van der Waals surface area contributed by atoms with Crippen molar-refractivity contribution in [2.45, 2.75) is 5.54 Å². The van der Waals surface area contributed by atoms with Gasteiger partial charge in [-0.3, -0.25) is 4.90 Å². The van der Waals surface area contributed by atoms with Crippen molar-refractivity contribution < 1.29 is 14.9 Å². The predicted molar refractivity (Wildman–Crippen MR) is 66.8 cm³/mol. The van der Waals surface area contributed by atoms with Gasteiger partial charge in [-0.2, -0.15) is 0 Å². The Morgan fingerprint density at radius 1 is 1.33 bits per heavy atom. The van der Waals surface area contributed by atoms with Crippen LogP contribution >= 0.6 is 0 Å². The van der Waals surface area contributed by atoms with Crippen molar-refractivity contribution in [2.24, 2.45) is 0 Å². The third-order valence-corrected chi connectivity index (χ3v) is 3.92. The molecule has 0 radical (unpaired) electrons. The summed E-state index contributed by atoms with van der Waals surface area (Å²) in [5.74, 6) is 0.880. The molecule has 0 aliphatic carbocycles. The van der Waals surface area contributed by atoms with Gasteiger partial charge in [-0.05, 0) is 12.1 Å². The molecular weight excluding hydrogens is 232 g/mol. The largest absolute Gasteiger partial charge is 0.508 e. The normalized spacial score (nSPS) is 27.8. The Kier molecular flexibility index (Phi) is 2.89. The first-order valence-corrected chi connectivity index (χ1v) is 6.29. The molecule has 5 nitrogen and oxygen atoms in total. The summed E-state index contributed by atoms with van der Waals surface area (Å²) < 4.78 is 5.66. The van der Waals surface area contributed by atoms with Crippen LogP contribution in [-0.2, 0) is 5.54 Å². The molecule has 0 spiro atoms. The predicted octanol–water partition coefficient (Wildman–Crippen LogP) is -0.123. The van der Waals surface area contributed by atoms with Gasteiger partial charge in [-0.1, -0.05) is 0 Å². The SMILES string of the molecule is OCC1(N2CCNCC2)COc2cc(O)ccc21. The van der Waals surface area contributed by atoms with Crippen LogP contribution in [0.1, 0.15) is 5.56 Å². The van der Waals surface area contributed by atoms with E-state index in [1.165, 1.54) is 0 Å². The lowest BCUT2D eigenvalue weighted by molar-refractivity contribution is 0.00323. The van der Waals surface area contributed by atoms with E-state index in [1.54, 1.807) is 12.1 Å². The van der Waals surface area contributed by atoms with E-state index in [0.717, 1.165) is 31.7 Å². The van der Waals surface area contributed by atoms with Crippen LogP contribution in [0.3, 0.4) is 0 Å². The summed E-state index contributed by atoms with van der Waals surface area (Å²) in [7, 11) is 0. The Bertz CT molecular complexity index is 446. The molecule has 2 aliphatic heterocycles. The molecule has 1 atom stereocenters. The second-order valence-electron chi connectivity index (χ2n) is 4.90. The summed E-state index contributed by atoms with van der Waals surface area (Å²) in [5.41, 5.74) is 0.523. The number of ether oxygens (including phenoxy) is 1. The van der Waals surface area contributed by atoms with Gasteiger partial charge < -0.3 is 20.3 Å². The number of aliphatic hydroxyl groups excluding tert-OH is 1. The number of piperazine rings is 1. The number of nitrogens with one attached hydrogen (secondary N) is 1. The smallest absolute Gasteiger partial charge is 0.128 e. The summed E-state index contributed by atoms with van der Waals surface area (Å²) in [5, 5.41) is 22.7. The first kappa shape index (κ1) is 11.8. The summed E-state index contributed by atoms with van der Waals surface area (Å²) >= 11 is 0. The fraction of sp³-hybridized carbons (Fsp3) is 0.538. The van der Waals surface area contributed by atoms with E-state index in [4.69, 9.17) is 4.74 Å². The first-order valence-electron chi connectivity index (χ1n) is 6.29. The molecule has 2 heterocycles. The van der Waals surface area contributed by atoms with Gasteiger partial charge in [0.2, 0.25) is 0 Å². The molecule has 0 aromatic heterocycles. The Morgan fingerprint density at radius 2 is 2.11 bits per heavy atom. The summed E-state index contributed by atoms with van der Waals surface area (Å²) in [6.07, 6.45) is 0. The van der Waals surface area contributed by atoms with E-state index < -0.39 is 5.54 Å². The molecule has 1 unspecified atom stereocenters. The van der Waals surface area contributed by atoms with E-state index >= 15 is 0 Å². The van der Waals surface area contributed by atoms with Gasteiger partial charge >= 0.3 is 0 Å². The van der Waals surface area contributed by atoms with Gasteiger partial charge in [0.1, 0.15) is 23.6 Å². The maximum absolute atomic E-state index is 9.88. The molecular formula is C13H18N2O3. The van der Waals surface area contributed by atoms with Crippen molar-refractivity contribution in [3.63, 3.8) is 0 Å². The highest BCUT2D eigenvalue weighted by Gasteiger charge is 2.45. The van der Waals surface area contributed by atoms with Gasteiger partial charge in [0.05, 0.1) is 6.61 Å². The maximum atomic E-state index is 9.88. The highest BCUT2D eigenvalue weighted by molar-refractivity contribution is 5.47. The molecule has 1 aromatic rings. The highest BCUT2D eigenvalue weighted by atomic mass is 16.5. The standard InChI is InChI=1S/C13H18N2O3/c16-8-13(15-5-3-14-4-6-15)9-18-12-7-10(17)1-2-11(12)13/h1-2,7,14,16-17H,3-6,8-9H2. The van der Waals surface area contributed by atoms with Crippen molar-refractivity contribution in [1.29, 1.82) is 0 Å². The van der Waals surface area contributed by atoms with E-state index in [-0.39, 0.29) is 12.4 Å². The van der Waals surface area contributed by atoms with Crippen molar-refractivity contribution >= 4 is 0 Å². The molecule has 2 aliphatic rings. The van der Waals surface area contributed by atoms with Crippen molar-refractivity contribution in [3.05, 3.63) is 23.8 Å². The van der Waals surface area contributed by atoms with Crippen molar-refractivity contribution in [3.8, 4) is 11.5 Å². The number of rotatable bonds is 2. The fourth-order valence-electron chi connectivity index (χ4n) is 2.88. The second kappa shape index (κ2) is 4.42. The van der Waals surface area contributed by atoms with Crippen LogP contribution in [0.15, 0.2) is 18.2 Å². The quantitative estimate of drug-likeness (QED) is 0.683. The molecule has 18 heavy (non-hydrogen) atoms. The van der Waals surface area contributed by atoms with E-state index in [9.17, 15) is 10.2 Å². The highest BCUT2D eigenvalue weighted by Crippen LogP contribution is 2.42. The van der Waals surface area contributed by atoms with Crippen LogP contribution in [0.2, 0.25) is 0 Å². The first-order chi connectivity index (χ1) is 8.76. The van der Waals surface area contributed by atoms with Gasteiger partial charge in [-0.15, -0.1) is 0 Å². The van der Waals surface area contributed by atoms with E-state index in [2.05, 4.69) is 10.2 Å². The summed E-state index contributed by atoms with van der Waals surface area (Å²) in [4.78, 5) is 2.27. The summed E-state index contributed by atoms with van der Waals surface area (Å²) in [6.45, 7) is 4.12. The zero-order valence-electron chi connectivity index (χ0n) is 10.2. The van der Waals surface area contributed by atoms with Gasteiger partial charge in [-0.25, -0.2) is 0 Å². The molecule has 98 valence electrons. The fourth-order valence-corrected chi connectivity index (χ4v) is 2.88. The Balaban J connectivity index is 1.99. The number of nitrogens with zero attached hydrogens (tertiary/aromatic N) is 1. The number of phenolic OH excluding ortho intramolecular Hbond substituents is 1. The lowest BCUT2D eigenvalue weighted by Gasteiger charge is -2.41. The monoisotopic (exact) mass is 250 g/mol. The minimum Gasteiger partial charge on any atom is -0.508 e. The van der Waals surface area contributed by atoms with Crippen LogP contribution < -0.4 is 10.1 Å². The number of fused-ring (bicyclic) bond motifs is 1. The number of aromatic hydroxyl groups is 1.